The first-order valence-electron chi connectivity index (χ1n) is 9.42. The molecule has 0 saturated heterocycles. The number of hydrogen-bond acceptors (Lipinski definition) is 5. The number of anilines is 1. The van der Waals surface area contributed by atoms with E-state index in [1.54, 1.807) is 6.08 Å². The van der Waals surface area contributed by atoms with Crippen LogP contribution in [0.2, 0.25) is 0 Å². The second kappa shape index (κ2) is 11.6. The summed E-state index contributed by atoms with van der Waals surface area (Å²) in [6, 6.07) is 8.42. The molecule has 7 nitrogen and oxygen atoms in total. The SMILES string of the molecule is C=CCOc1ccccc1CN=C(NCC)NCCNc1nccc(C(F)(F)F)n1. The molecule has 0 unspecified atom stereocenters. The molecule has 30 heavy (non-hydrogen) atoms. The maximum atomic E-state index is 12.7. The molecule has 10 heteroatoms. The van der Waals surface area contributed by atoms with Gasteiger partial charge in [0.1, 0.15) is 18.1 Å². The molecular weight excluding hydrogens is 397 g/mol. The number of aromatic nitrogens is 2. The molecule has 0 bridgehead atoms. The van der Waals surface area contributed by atoms with Crippen molar-refractivity contribution in [3.05, 3.63) is 60.4 Å². The zero-order chi connectivity index (χ0) is 21.8. The lowest BCUT2D eigenvalue weighted by molar-refractivity contribution is -0.141. The normalized spacial score (nSPS) is 11.7. The van der Waals surface area contributed by atoms with Crippen LogP contribution in [0, 0.1) is 0 Å². The summed E-state index contributed by atoms with van der Waals surface area (Å²) in [5, 5.41) is 8.99. The Kier molecular flexibility index (Phi) is 8.92. The van der Waals surface area contributed by atoms with Gasteiger partial charge in [-0.1, -0.05) is 30.9 Å². The summed E-state index contributed by atoms with van der Waals surface area (Å²) in [7, 11) is 0. The Morgan fingerprint density at radius 2 is 2.00 bits per heavy atom. The average molecular weight is 422 g/mol. The van der Waals surface area contributed by atoms with Gasteiger partial charge in [-0.15, -0.1) is 0 Å². The van der Waals surface area contributed by atoms with Crippen molar-refractivity contribution in [2.24, 2.45) is 4.99 Å². The van der Waals surface area contributed by atoms with E-state index in [9.17, 15) is 13.2 Å². The third-order valence-corrected chi connectivity index (χ3v) is 3.73. The Morgan fingerprint density at radius 3 is 2.73 bits per heavy atom. The van der Waals surface area contributed by atoms with Gasteiger partial charge < -0.3 is 20.7 Å². The average Bonchev–Trinajstić information content (AvgIpc) is 2.73. The lowest BCUT2D eigenvalue weighted by Gasteiger charge is -2.13. The fraction of sp³-hybridized carbons (Fsp3) is 0.350. The van der Waals surface area contributed by atoms with E-state index in [2.05, 4.69) is 37.5 Å². The van der Waals surface area contributed by atoms with Crippen molar-refractivity contribution in [1.29, 1.82) is 0 Å². The van der Waals surface area contributed by atoms with Gasteiger partial charge in [0.15, 0.2) is 5.96 Å². The van der Waals surface area contributed by atoms with Crippen LogP contribution in [0.15, 0.2) is 54.2 Å². The fourth-order valence-corrected chi connectivity index (χ4v) is 2.39. The van der Waals surface area contributed by atoms with E-state index in [0.717, 1.165) is 23.6 Å². The molecule has 0 aliphatic heterocycles. The molecule has 0 aliphatic rings. The van der Waals surface area contributed by atoms with Crippen LogP contribution in [0.5, 0.6) is 5.75 Å². The van der Waals surface area contributed by atoms with Crippen LogP contribution in [-0.4, -0.2) is 42.2 Å². The van der Waals surface area contributed by atoms with Gasteiger partial charge in [0.05, 0.1) is 6.54 Å². The highest BCUT2D eigenvalue weighted by Gasteiger charge is 2.32. The number of ether oxygens (including phenoxy) is 1. The Labute approximate surface area is 173 Å². The van der Waals surface area contributed by atoms with Crippen LogP contribution in [-0.2, 0) is 12.7 Å². The number of hydrogen-bond donors (Lipinski definition) is 3. The highest BCUT2D eigenvalue weighted by molar-refractivity contribution is 5.79. The van der Waals surface area contributed by atoms with Crippen LogP contribution in [0.1, 0.15) is 18.2 Å². The van der Waals surface area contributed by atoms with Crippen molar-refractivity contribution in [2.75, 3.05) is 31.6 Å². The van der Waals surface area contributed by atoms with Gasteiger partial charge in [0.2, 0.25) is 5.95 Å². The van der Waals surface area contributed by atoms with Crippen LogP contribution >= 0.6 is 0 Å². The van der Waals surface area contributed by atoms with Gasteiger partial charge in [0, 0.05) is 31.4 Å². The molecule has 0 saturated carbocycles. The minimum absolute atomic E-state index is 0.0816. The maximum absolute atomic E-state index is 12.7. The molecule has 2 aromatic rings. The van der Waals surface area contributed by atoms with Gasteiger partial charge >= 0.3 is 6.18 Å². The number of alkyl halides is 3. The molecule has 1 heterocycles. The minimum atomic E-state index is -4.51. The monoisotopic (exact) mass is 422 g/mol. The number of halogens is 3. The zero-order valence-electron chi connectivity index (χ0n) is 16.7. The van der Waals surface area contributed by atoms with Crippen molar-refractivity contribution >= 4 is 11.9 Å². The first kappa shape index (κ1) is 23.0. The lowest BCUT2D eigenvalue weighted by Crippen LogP contribution is -2.39. The van der Waals surface area contributed by atoms with Crippen LogP contribution in [0.4, 0.5) is 19.1 Å². The predicted octanol–water partition coefficient (Wildman–Crippen LogP) is 3.23. The molecule has 1 aromatic carbocycles. The number of guanidine groups is 1. The van der Waals surface area contributed by atoms with E-state index in [0.29, 0.717) is 38.7 Å². The zero-order valence-corrected chi connectivity index (χ0v) is 16.7. The molecule has 0 amide bonds. The number of aliphatic imine (C=N–C) groups is 1. The van der Waals surface area contributed by atoms with E-state index in [1.807, 2.05) is 31.2 Å². The van der Waals surface area contributed by atoms with Crippen molar-refractivity contribution in [2.45, 2.75) is 19.6 Å². The molecule has 0 aliphatic carbocycles. The Hall–Kier alpha value is -3.30. The summed E-state index contributed by atoms with van der Waals surface area (Å²) in [4.78, 5) is 11.8. The molecule has 2 rings (SSSR count). The quantitative estimate of drug-likeness (QED) is 0.236. The van der Waals surface area contributed by atoms with Gasteiger partial charge in [-0.25, -0.2) is 15.0 Å². The summed E-state index contributed by atoms with van der Waals surface area (Å²) in [6.45, 7) is 7.75. The molecule has 0 radical (unpaired) electrons. The molecule has 1 aromatic heterocycles. The molecule has 0 fully saturated rings. The fourth-order valence-electron chi connectivity index (χ4n) is 2.39. The largest absolute Gasteiger partial charge is 0.489 e. The number of rotatable bonds is 10. The predicted molar refractivity (Wildman–Crippen MR) is 110 cm³/mol. The number of nitrogens with zero attached hydrogens (tertiary/aromatic N) is 3. The third-order valence-electron chi connectivity index (χ3n) is 3.73. The van der Waals surface area contributed by atoms with Crippen LogP contribution in [0.3, 0.4) is 0 Å². The summed E-state index contributed by atoms with van der Waals surface area (Å²) in [6.07, 6.45) is -1.76. The van der Waals surface area contributed by atoms with Crippen LogP contribution in [0.25, 0.3) is 0 Å². The van der Waals surface area contributed by atoms with Gasteiger partial charge in [-0.3, -0.25) is 0 Å². The number of benzene rings is 1. The standard InChI is InChI=1S/C20H25F3N6O/c1-3-13-30-16-8-6-5-7-15(16)14-28-18(24-4-2)26-11-12-27-19-25-10-9-17(29-19)20(21,22)23/h3,5-10H,1,4,11-14H2,2H3,(H2,24,26,28)(H,25,27,29). The highest BCUT2D eigenvalue weighted by Crippen LogP contribution is 2.27. The second-order valence-corrected chi connectivity index (χ2v) is 6.02. The van der Waals surface area contributed by atoms with E-state index in [4.69, 9.17) is 4.74 Å². The molecule has 3 N–H and O–H groups in total. The summed E-state index contributed by atoms with van der Waals surface area (Å²) < 4.78 is 43.7. The Balaban J connectivity index is 1.90. The first-order valence-corrected chi connectivity index (χ1v) is 9.42. The van der Waals surface area contributed by atoms with Crippen molar-refractivity contribution in [3.63, 3.8) is 0 Å². The van der Waals surface area contributed by atoms with Crippen LogP contribution < -0.4 is 20.7 Å². The Bertz CT molecular complexity index is 841. The second-order valence-electron chi connectivity index (χ2n) is 6.02. The topological polar surface area (TPSA) is 83.5 Å². The lowest BCUT2D eigenvalue weighted by atomic mass is 10.2. The van der Waals surface area contributed by atoms with Crippen molar-refractivity contribution in [1.82, 2.24) is 20.6 Å². The molecule has 162 valence electrons. The summed E-state index contributed by atoms with van der Waals surface area (Å²) in [5.41, 5.74) is -0.0627. The number of nitrogens with one attached hydrogen (secondary N) is 3. The van der Waals surface area contributed by atoms with Crippen molar-refractivity contribution in [3.8, 4) is 5.75 Å². The van der Waals surface area contributed by atoms with Gasteiger partial charge in [0.25, 0.3) is 0 Å². The summed E-state index contributed by atoms with van der Waals surface area (Å²) in [5.74, 6) is 1.23. The Morgan fingerprint density at radius 1 is 1.20 bits per heavy atom. The van der Waals surface area contributed by atoms with Crippen molar-refractivity contribution < 1.29 is 17.9 Å². The molecule has 0 atom stereocenters. The molecular formula is C20H25F3N6O. The third kappa shape index (κ3) is 7.61. The minimum Gasteiger partial charge on any atom is -0.489 e. The van der Waals surface area contributed by atoms with Gasteiger partial charge in [-0.2, -0.15) is 13.2 Å². The smallest absolute Gasteiger partial charge is 0.433 e. The van der Waals surface area contributed by atoms with E-state index >= 15 is 0 Å². The maximum Gasteiger partial charge on any atom is 0.433 e. The highest BCUT2D eigenvalue weighted by atomic mass is 19.4. The first-order chi connectivity index (χ1) is 14.4. The molecule has 0 spiro atoms. The van der Waals surface area contributed by atoms with E-state index in [1.165, 1.54) is 0 Å². The summed E-state index contributed by atoms with van der Waals surface area (Å²) >= 11 is 0. The van der Waals surface area contributed by atoms with E-state index in [-0.39, 0.29) is 5.95 Å². The number of para-hydroxylation sites is 1. The van der Waals surface area contributed by atoms with Gasteiger partial charge in [-0.05, 0) is 19.1 Å². The van der Waals surface area contributed by atoms with E-state index < -0.39 is 11.9 Å².